The van der Waals surface area contributed by atoms with Crippen LogP contribution in [0.2, 0.25) is 0 Å². The molecular formula is C12H22N4O3S. The van der Waals surface area contributed by atoms with Gasteiger partial charge in [0.05, 0.1) is 6.10 Å². The van der Waals surface area contributed by atoms with E-state index in [1.165, 1.54) is 4.68 Å². The molecule has 0 saturated carbocycles. The molecule has 1 saturated heterocycles. The van der Waals surface area contributed by atoms with Crippen LogP contribution in [0.25, 0.3) is 0 Å². The number of nitrogens with zero attached hydrogens (tertiary/aromatic N) is 3. The van der Waals surface area contributed by atoms with Crippen LogP contribution in [-0.4, -0.2) is 48.8 Å². The number of nitrogen functional groups attached to an aromatic ring is 1. The molecule has 1 unspecified atom stereocenters. The monoisotopic (exact) mass is 302 g/mol. The molecule has 114 valence electrons. The number of hydrogen-bond donors (Lipinski definition) is 2. The summed E-state index contributed by atoms with van der Waals surface area (Å²) < 4.78 is 25.5. The lowest BCUT2D eigenvalue weighted by atomic mass is 10.1. The standard InChI is InChI=1S/C12H22N4O3S/c1-8(2)16-11(13)10(20(3,18)19)12(14-16)15-6-4-5-9(17)7-15/h8-9,17H,4-7,13H2,1-3H3. The zero-order valence-electron chi connectivity index (χ0n) is 12.1. The average molecular weight is 302 g/mol. The van der Waals surface area contributed by atoms with Crippen LogP contribution in [-0.2, 0) is 9.84 Å². The van der Waals surface area contributed by atoms with Crippen LogP contribution in [0, 0.1) is 0 Å². The van der Waals surface area contributed by atoms with Gasteiger partial charge in [0.2, 0.25) is 0 Å². The summed E-state index contributed by atoms with van der Waals surface area (Å²) in [7, 11) is -3.48. The number of sulfone groups is 1. The molecule has 2 heterocycles. The highest BCUT2D eigenvalue weighted by Gasteiger charge is 2.30. The molecule has 1 aliphatic heterocycles. The number of aromatic nitrogens is 2. The molecule has 0 amide bonds. The summed E-state index contributed by atoms with van der Waals surface area (Å²) in [5, 5.41) is 14.1. The Labute approximate surface area is 119 Å². The minimum Gasteiger partial charge on any atom is -0.391 e. The van der Waals surface area contributed by atoms with E-state index in [9.17, 15) is 13.5 Å². The number of β-amino-alcohol motifs (C(OH)–C–C–N with tert-alkyl or cyclic N) is 1. The highest BCUT2D eigenvalue weighted by Crippen LogP contribution is 2.33. The maximum Gasteiger partial charge on any atom is 0.182 e. The Hall–Kier alpha value is -1.28. The Balaban J connectivity index is 2.54. The van der Waals surface area contributed by atoms with Crippen LogP contribution in [0.1, 0.15) is 32.7 Å². The largest absolute Gasteiger partial charge is 0.391 e. The first kappa shape index (κ1) is 15.1. The minimum absolute atomic E-state index is 0.0287. The third-order valence-corrected chi connectivity index (χ3v) is 4.57. The molecule has 3 N–H and O–H groups in total. The Morgan fingerprint density at radius 1 is 1.45 bits per heavy atom. The summed E-state index contributed by atoms with van der Waals surface area (Å²) in [5.41, 5.74) is 5.96. The average Bonchev–Trinajstić information content (AvgIpc) is 2.66. The van der Waals surface area contributed by atoms with Gasteiger partial charge in [-0.1, -0.05) is 0 Å². The highest BCUT2D eigenvalue weighted by molar-refractivity contribution is 7.91. The Bertz CT molecular complexity index is 594. The first-order valence-electron chi connectivity index (χ1n) is 6.73. The molecule has 8 heteroatoms. The molecule has 1 aliphatic rings. The van der Waals surface area contributed by atoms with Crippen LogP contribution in [0.3, 0.4) is 0 Å². The zero-order chi connectivity index (χ0) is 15.1. The Kier molecular flexibility index (Phi) is 3.97. The quantitative estimate of drug-likeness (QED) is 0.838. The lowest BCUT2D eigenvalue weighted by Gasteiger charge is -2.30. The predicted octanol–water partition coefficient (Wildman–Crippen LogP) is 0.411. The number of aliphatic hydroxyl groups is 1. The second-order valence-corrected chi connectivity index (χ2v) is 7.54. The lowest BCUT2D eigenvalue weighted by molar-refractivity contribution is 0.153. The van der Waals surface area contributed by atoms with E-state index >= 15 is 0 Å². The van der Waals surface area contributed by atoms with Crippen LogP contribution < -0.4 is 10.6 Å². The molecule has 0 bridgehead atoms. The molecule has 1 atom stereocenters. The van der Waals surface area contributed by atoms with E-state index in [-0.39, 0.29) is 16.8 Å². The molecule has 0 radical (unpaired) electrons. The van der Waals surface area contributed by atoms with Crippen molar-refractivity contribution in [2.24, 2.45) is 0 Å². The first-order valence-corrected chi connectivity index (χ1v) is 8.62. The number of piperidine rings is 1. The number of nitrogens with two attached hydrogens (primary N) is 1. The smallest absolute Gasteiger partial charge is 0.182 e. The number of anilines is 2. The van der Waals surface area contributed by atoms with Crippen LogP contribution >= 0.6 is 0 Å². The third-order valence-electron chi connectivity index (χ3n) is 3.44. The summed E-state index contributed by atoms with van der Waals surface area (Å²) in [5.74, 6) is 0.523. The van der Waals surface area contributed by atoms with Gasteiger partial charge in [0.1, 0.15) is 5.82 Å². The zero-order valence-corrected chi connectivity index (χ0v) is 12.9. The van der Waals surface area contributed by atoms with Crippen LogP contribution in [0.15, 0.2) is 4.90 Å². The third kappa shape index (κ3) is 2.76. The van der Waals surface area contributed by atoms with Crippen LogP contribution in [0.5, 0.6) is 0 Å². The predicted molar refractivity (Wildman–Crippen MR) is 77.6 cm³/mol. The molecule has 7 nitrogen and oxygen atoms in total. The molecule has 0 aromatic carbocycles. The summed E-state index contributed by atoms with van der Waals surface area (Å²) in [6.07, 6.45) is 2.21. The van der Waals surface area contributed by atoms with Gasteiger partial charge >= 0.3 is 0 Å². The Morgan fingerprint density at radius 2 is 2.10 bits per heavy atom. The maximum atomic E-state index is 12.0. The van der Waals surface area contributed by atoms with Crippen molar-refractivity contribution < 1.29 is 13.5 Å². The van der Waals surface area contributed by atoms with E-state index in [0.717, 1.165) is 19.1 Å². The van der Waals surface area contributed by atoms with Crippen molar-refractivity contribution in [2.75, 3.05) is 30.0 Å². The molecule has 2 rings (SSSR count). The summed E-state index contributed by atoms with van der Waals surface area (Å²) in [4.78, 5) is 1.88. The van der Waals surface area contributed by atoms with Crippen molar-refractivity contribution in [3.8, 4) is 0 Å². The van der Waals surface area contributed by atoms with Gasteiger partial charge in [0.15, 0.2) is 20.6 Å². The second kappa shape index (κ2) is 5.25. The summed E-state index contributed by atoms with van der Waals surface area (Å²) in [6.45, 7) is 4.85. The summed E-state index contributed by atoms with van der Waals surface area (Å²) in [6, 6.07) is -0.0287. The van der Waals surface area contributed by atoms with Gasteiger partial charge in [-0.3, -0.25) is 0 Å². The molecule has 1 fully saturated rings. The maximum absolute atomic E-state index is 12.0. The minimum atomic E-state index is -3.48. The van der Waals surface area contributed by atoms with Gasteiger partial charge in [-0.05, 0) is 26.7 Å². The Morgan fingerprint density at radius 3 is 2.60 bits per heavy atom. The van der Waals surface area contributed by atoms with E-state index < -0.39 is 15.9 Å². The first-order chi connectivity index (χ1) is 9.21. The van der Waals surface area contributed by atoms with Crippen LogP contribution in [0.4, 0.5) is 11.6 Å². The molecule has 0 spiro atoms. The van der Waals surface area contributed by atoms with Crippen molar-refractivity contribution >= 4 is 21.5 Å². The SMILES string of the molecule is CC(C)n1nc(N2CCCC(O)C2)c(S(C)(=O)=O)c1N. The van der Waals surface area contributed by atoms with Crippen molar-refractivity contribution in [2.45, 2.75) is 43.7 Å². The fraction of sp³-hybridized carbons (Fsp3) is 0.750. The van der Waals surface area contributed by atoms with Crippen molar-refractivity contribution in [1.29, 1.82) is 0 Å². The molecular weight excluding hydrogens is 280 g/mol. The van der Waals surface area contributed by atoms with E-state index in [2.05, 4.69) is 5.10 Å². The number of rotatable bonds is 3. The van der Waals surface area contributed by atoms with Gasteiger partial charge < -0.3 is 15.7 Å². The fourth-order valence-electron chi connectivity index (χ4n) is 2.52. The second-order valence-electron chi connectivity index (χ2n) is 5.59. The fourth-order valence-corrected chi connectivity index (χ4v) is 3.50. The van der Waals surface area contributed by atoms with Gasteiger partial charge in [-0.15, -0.1) is 0 Å². The molecule has 1 aromatic heterocycles. The number of aliphatic hydroxyl groups excluding tert-OH is 1. The van der Waals surface area contributed by atoms with Crippen molar-refractivity contribution in [3.63, 3.8) is 0 Å². The van der Waals surface area contributed by atoms with E-state index in [4.69, 9.17) is 5.73 Å². The normalized spacial score (nSPS) is 20.6. The molecule has 1 aromatic rings. The van der Waals surface area contributed by atoms with E-state index in [0.29, 0.717) is 18.9 Å². The summed E-state index contributed by atoms with van der Waals surface area (Å²) >= 11 is 0. The number of hydrogen-bond acceptors (Lipinski definition) is 6. The highest BCUT2D eigenvalue weighted by atomic mass is 32.2. The van der Waals surface area contributed by atoms with E-state index in [1.54, 1.807) is 4.90 Å². The van der Waals surface area contributed by atoms with Gasteiger partial charge in [-0.25, -0.2) is 13.1 Å². The topological polar surface area (TPSA) is 101 Å². The van der Waals surface area contributed by atoms with Gasteiger partial charge in [0.25, 0.3) is 0 Å². The lowest BCUT2D eigenvalue weighted by Crippen LogP contribution is -2.39. The van der Waals surface area contributed by atoms with Gasteiger partial charge in [0, 0.05) is 25.4 Å². The molecule has 0 aliphatic carbocycles. The van der Waals surface area contributed by atoms with E-state index in [1.807, 2.05) is 13.8 Å². The van der Waals surface area contributed by atoms with Crippen molar-refractivity contribution in [1.82, 2.24) is 9.78 Å². The van der Waals surface area contributed by atoms with Crippen molar-refractivity contribution in [3.05, 3.63) is 0 Å². The molecule has 20 heavy (non-hydrogen) atoms. The van der Waals surface area contributed by atoms with Gasteiger partial charge in [-0.2, -0.15) is 5.10 Å².